The van der Waals surface area contributed by atoms with Gasteiger partial charge in [0.1, 0.15) is 5.69 Å². The molecule has 2 aromatic rings. The average molecular weight is 314 g/mol. The van der Waals surface area contributed by atoms with Crippen LogP contribution < -0.4 is 5.56 Å². The number of likely N-dealkylation sites (tertiary alicyclic amines) is 1. The number of rotatable bonds is 2. The first-order valence-electron chi connectivity index (χ1n) is 7.65. The normalized spacial score (nSPS) is 21.3. The van der Waals surface area contributed by atoms with Crippen LogP contribution in [0, 0.1) is 5.92 Å². The van der Waals surface area contributed by atoms with Crippen LogP contribution in [0.15, 0.2) is 35.1 Å². The van der Waals surface area contributed by atoms with Gasteiger partial charge < -0.3 is 15.0 Å². The first kappa shape index (κ1) is 15.3. The molecule has 3 rings (SSSR count). The minimum Gasteiger partial charge on any atom is -0.481 e. The molecular formula is C17H18N2O4. The monoisotopic (exact) mass is 314 g/mol. The minimum absolute atomic E-state index is 0.201. The summed E-state index contributed by atoms with van der Waals surface area (Å²) >= 11 is 0. The van der Waals surface area contributed by atoms with E-state index in [1.54, 1.807) is 42.2 Å². The number of pyridine rings is 1. The first-order valence-corrected chi connectivity index (χ1v) is 7.65. The van der Waals surface area contributed by atoms with Gasteiger partial charge in [-0.15, -0.1) is 0 Å². The third-order valence-corrected chi connectivity index (χ3v) is 4.55. The van der Waals surface area contributed by atoms with Crippen molar-refractivity contribution in [2.24, 2.45) is 5.92 Å². The number of H-pyrrole nitrogens is 1. The van der Waals surface area contributed by atoms with Crippen molar-refractivity contribution in [3.05, 3.63) is 46.4 Å². The highest BCUT2D eigenvalue weighted by Crippen LogP contribution is 2.25. The Labute approximate surface area is 132 Å². The van der Waals surface area contributed by atoms with Gasteiger partial charge in [0.2, 0.25) is 0 Å². The highest BCUT2D eigenvalue weighted by Gasteiger charge is 2.35. The van der Waals surface area contributed by atoms with Crippen molar-refractivity contribution >= 4 is 22.6 Å². The van der Waals surface area contributed by atoms with Crippen LogP contribution >= 0.6 is 0 Å². The predicted molar refractivity (Wildman–Crippen MR) is 85.4 cm³/mol. The molecule has 0 unspecified atom stereocenters. The lowest BCUT2D eigenvalue weighted by molar-refractivity contribution is -0.144. The molecule has 2 atom stereocenters. The molecule has 0 spiro atoms. The van der Waals surface area contributed by atoms with Crippen molar-refractivity contribution in [2.75, 3.05) is 6.54 Å². The van der Waals surface area contributed by atoms with Crippen LogP contribution in [0.3, 0.4) is 0 Å². The molecule has 1 aliphatic heterocycles. The highest BCUT2D eigenvalue weighted by molar-refractivity contribution is 5.96. The van der Waals surface area contributed by atoms with Crippen molar-refractivity contribution in [3.63, 3.8) is 0 Å². The third kappa shape index (κ3) is 2.72. The molecule has 1 fully saturated rings. The fourth-order valence-corrected chi connectivity index (χ4v) is 3.24. The quantitative estimate of drug-likeness (QED) is 0.885. The maximum atomic E-state index is 12.7. The summed E-state index contributed by atoms with van der Waals surface area (Å²) in [6.07, 6.45) is 1.21. The van der Waals surface area contributed by atoms with Crippen molar-refractivity contribution in [1.29, 1.82) is 0 Å². The number of hydrogen-bond acceptors (Lipinski definition) is 3. The minimum atomic E-state index is -0.887. The predicted octanol–water partition coefficient (Wildman–Crippen LogP) is 1.85. The summed E-state index contributed by atoms with van der Waals surface area (Å²) in [4.78, 5) is 40.3. The number of piperidine rings is 1. The number of aromatic amines is 1. The van der Waals surface area contributed by atoms with E-state index in [1.807, 2.05) is 0 Å². The van der Waals surface area contributed by atoms with Crippen LogP contribution in [0.5, 0.6) is 0 Å². The maximum absolute atomic E-state index is 12.7. The Hall–Kier alpha value is -2.63. The van der Waals surface area contributed by atoms with Gasteiger partial charge >= 0.3 is 5.97 Å². The van der Waals surface area contributed by atoms with Gasteiger partial charge in [-0.25, -0.2) is 0 Å². The van der Waals surface area contributed by atoms with E-state index >= 15 is 0 Å². The second-order valence-electron chi connectivity index (χ2n) is 5.93. The van der Waals surface area contributed by atoms with Crippen LogP contribution in [0.4, 0.5) is 0 Å². The summed E-state index contributed by atoms with van der Waals surface area (Å²) in [5, 5.41) is 10.5. The molecule has 6 heteroatoms. The van der Waals surface area contributed by atoms with Crippen LogP contribution in [-0.4, -0.2) is 39.5 Å². The highest BCUT2D eigenvalue weighted by atomic mass is 16.4. The number of nitrogens with zero attached hydrogens (tertiary/aromatic N) is 1. The Morgan fingerprint density at radius 3 is 2.78 bits per heavy atom. The number of carbonyl (C=O) groups excluding carboxylic acids is 1. The van der Waals surface area contributed by atoms with Gasteiger partial charge in [-0.2, -0.15) is 0 Å². The summed E-state index contributed by atoms with van der Waals surface area (Å²) in [7, 11) is 0. The number of aliphatic carboxylic acids is 1. The summed E-state index contributed by atoms with van der Waals surface area (Å²) in [5.74, 6) is -1.78. The van der Waals surface area contributed by atoms with Crippen molar-refractivity contribution in [2.45, 2.75) is 25.8 Å². The molecule has 0 bridgehead atoms. The first-order chi connectivity index (χ1) is 11.0. The van der Waals surface area contributed by atoms with Gasteiger partial charge in [0.15, 0.2) is 0 Å². The van der Waals surface area contributed by atoms with Crippen LogP contribution in [0.25, 0.3) is 10.8 Å². The molecular weight excluding hydrogens is 296 g/mol. The lowest BCUT2D eigenvalue weighted by Gasteiger charge is -2.37. The summed E-state index contributed by atoms with van der Waals surface area (Å²) < 4.78 is 0. The van der Waals surface area contributed by atoms with Gasteiger partial charge in [-0.1, -0.05) is 18.2 Å². The Bertz CT molecular complexity index is 827. The molecule has 23 heavy (non-hydrogen) atoms. The number of amides is 1. The topological polar surface area (TPSA) is 90.5 Å². The van der Waals surface area contributed by atoms with Gasteiger partial charge in [-0.3, -0.25) is 14.4 Å². The van der Waals surface area contributed by atoms with Crippen molar-refractivity contribution in [3.8, 4) is 0 Å². The number of hydrogen-bond donors (Lipinski definition) is 2. The third-order valence-electron chi connectivity index (χ3n) is 4.55. The average Bonchev–Trinajstić information content (AvgIpc) is 2.54. The van der Waals surface area contributed by atoms with Gasteiger partial charge in [0.05, 0.1) is 5.92 Å². The second kappa shape index (κ2) is 5.87. The summed E-state index contributed by atoms with van der Waals surface area (Å²) in [6.45, 7) is 2.24. The lowest BCUT2D eigenvalue weighted by atomic mass is 9.90. The number of benzene rings is 1. The second-order valence-corrected chi connectivity index (χ2v) is 5.93. The number of fused-ring (bicyclic) bond motifs is 1. The Kier molecular flexibility index (Phi) is 3.90. The maximum Gasteiger partial charge on any atom is 0.308 e. The van der Waals surface area contributed by atoms with Crippen LogP contribution in [0.1, 0.15) is 30.3 Å². The molecule has 120 valence electrons. The van der Waals surface area contributed by atoms with Crippen molar-refractivity contribution in [1.82, 2.24) is 9.88 Å². The van der Waals surface area contributed by atoms with E-state index in [9.17, 15) is 19.5 Å². The summed E-state index contributed by atoms with van der Waals surface area (Å²) in [6, 6.07) is 8.30. The Morgan fingerprint density at radius 1 is 1.30 bits per heavy atom. The molecule has 1 aliphatic rings. The molecule has 2 heterocycles. The van der Waals surface area contributed by atoms with E-state index in [0.29, 0.717) is 30.2 Å². The zero-order chi connectivity index (χ0) is 16.6. The molecule has 1 aromatic heterocycles. The lowest BCUT2D eigenvalue weighted by Crippen LogP contribution is -2.49. The number of carboxylic acid groups (broad SMARTS) is 1. The smallest absolute Gasteiger partial charge is 0.308 e. The molecule has 1 aromatic carbocycles. The Morgan fingerprint density at radius 2 is 2.04 bits per heavy atom. The largest absolute Gasteiger partial charge is 0.481 e. The van der Waals surface area contributed by atoms with E-state index in [0.717, 1.165) is 0 Å². The van der Waals surface area contributed by atoms with Gasteiger partial charge in [0, 0.05) is 18.0 Å². The molecule has 0 radical (unpaired) electrons. The molecule has 2 N–H and O–H groups in total. The van der Waals surface area contributed by atoms with E-state index in [2.05, 4.69) is 4.98 Å². The van der Waals surface area contributed by atoms with Crippen LogP contribution in [-0.2, 0) is 4.79 Å². The fraction of sp³-hybridized carbons (Fsp3) is 0.353. The van der Waals surface area contributed by atoms with E-state index < -0.39 is 17.9 Å². The van der Waals surface area contributed by atoms with Gasteiger partial charge in [-0.05, 0) is 37.3 Å². The SMILES string of the molecule is C[C@@H]1[C@H](C(=O)O)CCCN1C(=O)c1cc2ccccc2c(=O)[nH]1. The fourth-order valence-electron chi connectivity index (χ4n) is 3.24. The van der Waals surface area contributed by atoms with Crippen LogP contribution in [0.2, 0.25) is 0 Å². The number of nitrogens with one attached hydrogen (secondary N) is 1. The molecule has 0 aliphatic carbocycles. The molecule has 0 saturated carbocycles. The van der Waals surface area contributed by atoms with Gasteiger partial charge in [0.25, 0.3) is 11.5 Å². The number of aromatic nitrogens is 1. The Balaban J connectivity index is 1.97. The molecule has 1 saturated heterocycles. The van der Waals surface area contributed by atoms with Crippen molar-refractivity contribution < 1.29 is 14.7 Å². The molecule has 1 amide bonds. The zero-order valence-electron chi connectivity index (χ0n) is 12.8. The zero-order valence-corrected chi connectivity index (χ0v) is 12.8. The van der Waals surface area contributed by atoms with E-state index in [4.69, 9.17) is 0 Å². The number of carboxylic acids is 1. The molecule has 6 nitrogen and oxygen atoms in total. The van der Waals surface area contributed by atoms with E-state index in [1.165, 1.54) is 0 Å². The standard InChI is InChI=1S/C17H18N2O4/c1-10-12(17(22)23)7-4-8-19(10)16(21)14-9-11-5-2-3-6-13(11)15(20)18-14/h2-3,5-6,9-10,12H,4,7-8H2,1H3,(H,18,20)(H,22,23)/t10-,12-/m1/s1. The number of carbonyl (C=O) groups is 2. The van der Waals surface area contributed by atoms with E-state index in [-0.39, 0.29) is 17.2 Å². The summed E-state index contributed by atoms with van der Waals surface area (Å²) in [5.41, 5.74) is -0.113.